The molecule has 122 valence electrons. The van der Waals surface area contributed by atoms with Crippen LogP contribution in [0.1, 0.15) is 11.3 Å². The number of nitrogens with one attached hydrogen (secondary N) is 1. The summed E-state index contributed by atoms with van der Waals surface area (Å²) >= 11 is 0. The van der Waals surface area contributed by atoms with Crippen LogP contribution in [0.4, 0.5) is 4.79 Å². The molecule has 1 saturated heterocycles. The summed E-state index contributed by atoms with van der Waals surface area (Å²) in [5.74, 6) is -0.484. The first kappa shape index (κ1) is 15.5. The Morgan fingerprint density at radius 2 is 1.96 bits per heavy atom. The Balaban J connectivity index is 1.94. The molecule has 0 atom stereocenters. The Labute approximate surface area is 137 Å². The first-order valence-corrected chi connectivity index (χ1v) is 7.14. The van der Waals surface area contributed by atoms with Crippen molar-refractivity contribution >= 4 is 23.9 Å². The number of carbonyl (C=O) groups is 3. The van der Waals surface area contributed by atoms with Gasteiger partial charge in [0.15, 0.2) is 0 Å². The standard InChI is InChI=1S/C17H14N2O5/c1-23-14-7-3-2-5-11(14)9-13-15(20)18-17(22)19(16(13)21)10-12-6-4-8-24-12/h2-9H,10H2,1H3,(H,18,20,22)/b13-9+. The second-order valence-electron chi connectivity index (χ2n) is 5.03. The van der Waals surface area contributed by atoms with E-state index in [1.165, 1.54) is 19.4 Å². The van der Waals surface area contributed by atoms with Crippen molar-refractivity contribution in [1.29, 1.82) is 0 Å². The highest BCUT2D eigenvalue weighted by Gasteiger charge is 2.36. The largest absolute Gasteiger partial charge is 0.496 e. The van der Waals surface area contributed by atoms with Crippen molar-refractivity contribution < 1.29 is 23.5 Å². The molecule has 1 aliphatic rings. The third kappa shape index (κ3) is 2.91. The van der Waals surface area contributed by atoms with E-state index in [2.05, 4.69) is 5.32 Å². The van der Waals surface area contributed by atoms with E-state index in [0.29, 0.717) is 17.1 Å². The van der Waals surface area contributed by atoms with E-state index in [4.69, 9.17) is 9.15 Å². The van der Waals surface area contributed by atoms with Gasteiger partial charge in [-0.25, -0.2) is 4.79 Å². The van der Waals surface area contributed by atoms with Crippen molar-refractivity contribution in [3.63, 3.8) is 0 Å². The lowest BCUT2D eigenvalue weighted by Crippen LogP contribution is -2.53. The number of methoxy groups -OCH3 is 1. The van der Waals surface area contributed by atoms with E-state index in [0.717, 1.165) is 4.90 Å². The lowest BCUT2D eigenvalue weighted by atomic mass is 10.1. The highest BCUT2D eigenvalue weighted by Crippen LogP contribution is 2.23. The lowest BCUT2D eigenvalue weighted by molar-refractivity contribution is -0.130. The third-order valence-electron chi connectivity index (χ3n) is 3.52. The maximum absolute atomic E-state index is 12.6. The maximum Gasteiger partial charge on any atom is 0.331 e. The van der Waals surface area contributed by atoms with E-state index in [1.54, 1.807) is 36.4 Å². The smallest absolute Gasteiger partial charge is 0.331 e. The van der Waals surface area contributed by atoms with Gasteiger partial charge in [0.2, 0.25) is 0 Å². The molecule has 0 bridgehead atoms. The fourth-order valence-electron chi connectivity index (χ4n) is 2.34. The Morgan fingerprint density at radius 1 is 1.17 bits per heavy atom. The minimum atomic E-state index is -0.779. The van der Waals surface area contributed by atoms with Gasteiger partial charge in [0.25, 0.3) is 11.8 Å². The molecule has 2 aromatic rings. The second kappa shape index (κ2) is 6.41. The Kier molecular flexibility index (Phi) is 4.15. The molecular formula is C17H14N2O5. The van der Waals surface area contributed by atoms with Crippen molar-refractivity contribution in [2.45, 2.75) is 6.54 Å². The maximum atomic E-state index is 12.6. The molecule has 2 heterocycles. The number of hydrogen-bond acceptors (Lipinski definition) is 5. The third-order valence-corrected chi connectivity index (χ3v) is 3.52. The molecule has 1 aromatic heterocycles. The van der Waals surface area contributed by atoms with Gasteiger partial charge >= 0.3 is 6.03 Å². The molecule has 0 saturated carbocycles. The molecule has 0 unspecified atom stereocenters. The normalized spacial score (nSPS) is 16.5. The van der Waals surface area contributed by atoms with Crippen LogP contribution in [0.15, 0.2) is 52.7 Å². The van der Waals surface area contributed by atoms with Crippen molar-refractivity contribution in [2.24, 2.45) is 0 Å². The van der Waals surface area contributed by atoms with Crippen LogP contribution in [-0.2, 0) is 16.1 Å². The van der Waals surface area contributed by atoms with Crippen LogP contribution in [0.3, 0.4) is 0 Å². The summed E-state index contributed by atoms with van der Waals surface area (Å²) in [5.41, 5.74) is 0.413. The topological polar surface area (TPSA) is 88.8 Å². The van der Waals surface area contributed by atoms with Gasteiger partial charge in [-0.05, 0) is 24.3 Å². The van der Waals surface area contributed by atoms with Crippen LogP contribution in [0, 0.1) is 0 Å². The number of nitrogens with zero attached hydrogens (tertiary/aromatic N) is 1. The minimum absolute atomic E-state index is 0.0613. The monoisotopic (exact) mass is 326 g/mol. The molecule has 1 fully saturated rings. The first-order chi connectivity index (χ1) is 11.6. The molecule has 4 amide bonds. The van der Waals surface area contributed by atoms with Crippen molar-refractivity contribution in [3.8, 4) is 5.75 Å². The zero-order valence-electron chi connectivity index (χ0n) is 12.8. The van der Waals surface area contributed by atoms with E-state index in [9.17, 15) is 14.4 Å². The van der Waals surface area contributed by atoms with Crippen molar-refractivity contribution in [2.75, 3.05) is 7.11 Å². The number of ether oxygens (including phenoxy) is 1. The molecule has 7 nitrogen and oxygen atoms in total. The van der Waals surface area contributed by atoms with Gasteiger partial charge in [0, 0.05) is 5.56 Å². The van der Waals surface area contributed by atoms with Gasteiger partial charge < -0.3 is 9.15 Å². The summed E-state index contributed by atoms with van der Waals surface area (Å²) in [5, 5.41) is 2.16. The minimum Gasteiger partial charge on any atom is -0.496 e. The molecule has 1 aliphatic heterocycles. The van der Waals surface area contributed by atoms with Crippen molar-refractivity contribution in [3.05, 3.63) is 59.6 Å². The number of rotatable bonds is 4. The van der Waals surface area contributed by atoms with Crippen LogP contribution in [-0.4, -0.2) is 29.9 Å². The van der Waals surface area contributed by atoms with Gasteiger partial charge in [0.05, 0.1) is 19.9 Å². The summed E-state index contributed by atoms with van der Waals surface area (Å²) < 4.78 is 10.4. The van der Waals surface area contributed by atoms with Gasteiger partial charge in [-0.1, -0.05) is 18.2 Å². The number of carbonyl (C=O) groups excluding carboxylic acids is 3. The highest BCUT2D eigenvalue weighted by molar-refractivity contribution is 6.31. The van der Waals surface area contributed by atoms with Crippen LogP contribution < -0.4 is 10.1 Å². The first-order valence-electron chi connectivity index (χ1n) is 7.14. The molecule has 0 aliphatic carbocycles. The number of imide groups is 2. The van der Waals surface area contributed by atoms with Crippen LogP contribution in [0.2, 0.25) is 0 Å². The predicted molar refractivity (Wildman–Crippen MR) is 83.8 cm³/mol. The second-order valence-corrected chi connectivity index (χ2v) is 5.03. The summed E-state index contributed by atoms with van der Waals surface area (Å²) in [6.07, 6.45) is 2.84. The Bertz CT molecular complexity index is 823. The number of urea groups is 1. The van der Waals surface area contributed by atoms with Gasteiger partial charge in [0.1, 0.15) is 17.1 Å². The number of barbiturate groups is 1. The quantitative estimate of drug-likeness (QED) is 0.685. The summed E-state index contributed by atoms with van der Waals surface area (Å²) in [7, 11) is 1.49. The fraction of sp³-hybridized carbons (Fsp3) is 0.118. The molecular weight excluding hydrogens is 312 g/mol. The van der Waals surface area contributed by atoms with Crippen molar-refractivity contribution in [1.82, 2.24) is 10.2 Å². The Morgan fingerprint density at radius 3 is 2.67 bits per heavy atom. The molecule has 3 rings (SSSR count). The van der Waals surface area contributed by atoms with Gasteiger partial charge in [-0.15, -0.1) is 0 Å². The molecule has 1 N–H and O–H groups in total. The van der Waals surface area contributed by atoms with E-state index >= 15 is 0 Å². The van der Waals surface area contributed by atoms with E-state index in [1.807, 2.05) is 0 Å². The SMILES string of the molecule is COc1ccccc1/C=C1\C(=O)NC(=O)N(Cc2ccco2)C1=O. The average Bonchev–Trinajstić information content (AvgIpc) is 3.09. The predicted octanol–water partition coefficient (Wildman–Crippen LogP) is 1.95. The number of hydrogen-bond donors (Lipinski definition) is 1. The number of benzene rings is 1. The van der Waals surface area contributed by atoms with E-state index in [-0.39, 0.29) is 12.1 Å². The average molecular weight is 326 g/mol. The summed E-state index contributed by atoms with van der Waals surface area (Å²) in [4.78, 5) is 37.5. The Hall–Kier alpha value is -3.35. The number of amides is 4. The van der Waals surface area contributed by atoms with E-state index < -0.39 is 17.8 Å². The molecule has 24 heavy (non-hydrogen) atoms. The van der Waals surface area contributed by atoms with Gasteiger partial charge in [-0.2, -0.15) is 0 Å². The number of para-hydroxylation sites is 1. The van der Waals surface area contributed by atoms with Crippen LogP contribution in [0.25, 0.3) is 6.08 Å². The molecule has 1 aromatic carbocycles. The zero-order chi connectivity index (χ0) is 17.1. The summed E-state index contributed by atoms with van der Waals surface area (Å²) in [6.45, 7) is -0.0613. The lowest BCUT2D eigenvalue weighted by Gasteiger charge is -2.25. The van der Waals surface area contributed by atoms with Crippen LogP contribution >= 0.6 is 0 Å². The summed E-state index contributed by atoms with van der Waals surface area (Å²) in [6, 6.07) is 9.46. The fourth-order valence-corrected chi connectivity index (χ4v) is 2.34. The zero-order valence-corrected chi connectivity index (χ0v) is 12.8. The molecule has 0 spiro atoms. The number of furan rings is 1. The molecule has 7 heteroatoms. The highest BCUT2D eigenvalue weighted by atomic mass is 16.5. The van der Waals surface area contributed by atoms with Crippen LogP contribution in [0.5, 0.6) is 5.75 Å². The van der Waals surface area contributed by atoms with Gasteiger partial charge in [-0.3, -0.25) is 19.8 Å². The molecule has 0 radical (unpaired) electrons.